The number of hydrogen-bond acceptors (Lipinski definition) is 5. The van der Waals surface area contributed by atoms with Crippen molar-refractivity contribution in [3.05, 3.63) is 120 Å². The molecule has 7 rings (SSSR count). The standard InChI is InChI=1S/C32H24FN7/c33-25-11-5-4-9-23(25)24-10-6-12-27-29(24)38-32(37-27)31-30-28(39-40-31)14-13-26(36-30)22-15-21(18-35-19-22)17-34-16-20-7-2-1-3-8-20/h1-15,18-19,34H,16-17H2,(H,37,38)(H,39,40). The summed E-state index contributed by atoms with van der Waals surface area (Å²) in [6.07, 6.45) is 3.68. The molecule has 8 heteroatoms. The summed E-state index contributed by atoms with van der Waals surface area (Å²) in [6.45, 7) is 1.47. The van der Waals surface area contributed by atoms with Gasteiger partial charge in [0.25, 0.3) is 0 Å². The number of hydrogen-bond donors (Lipinski definition) is 3. The molecule has 4 aromatic heterocycles. The maximum atomic E-state index is 14.6. The summed E-state index contributed by atoms with van der Waals surface area (Å²) < 4.78 is 14.6. The number of pyridine rings is 2. The molecule has 0 spiro atoms. The maximum Gasteiger partial charge on any atom is 0.161 e. The van der Waals surface area contributed by atoms with Crippen molar-refractivity contribution in [2.75, 3.05) is 0 Å². The number of para-hydroxylation sites is 1. The van der Waals surface area contributed by atoms with Gasteiger partial charge in [-0.25, -0.2) is 14.4 Å². The van der Waals surface area contributed by atoms with Crippen LogP contribution in [0.2, 0.25) is 0 Å². The summed E-state index contributed by atoms with van der Waals surface area (Å²) in [5, 5.41) is 11.1. The van der Waals surface area contributed by atoms with Crippen LogP contribution in [0.15, 0.2) is 103 Å². The molecule has 3 aromatic carbocycles. The van der Waals surface area contributed by atoms with E-state index < -0.39 is 0 Å². The highest BCUT2D eigenvalue weighted by Crippen LogP contribution is 2.32. The van der Waals surface area contributed by atoms with Gasteiger partial charge >= 0.3 is 0 Å². The van der Waals surface area contributed by atoms with E-state index in [-0.39, 0.29) is 5.82 Å². The minimum absolute atomic E-state index is 0.290. The highest BCUT2D eigenvalue weighted by molar-refractivity contribution is 5.96. The van der Waals surface area contributed by atoms with Gasteiger partial charge in [0, 0.05) is 42.2 Å². The monoisotopic (exact) mass is 525 g/mol. The van der Waals surface area contributed by atoms with Crippen molar-refractivity contribution in [3.8, 4) is 33.9 Å². The molecule has 0 radical (unpaired) electrons. The zero-order chi connectivity index (χ0) is 26.9. The second-order valence-electron chi connectivity index (χ2n) is 9.60. The number of halogens is 1. The number of rotatable bonds is 7. The van der Waals surface area contributed by atoms with Gasteiger partial charge in [0.05, 0.1) is 22.2 Å². The molecular weight excluding hydrogens is 501 g/mol. The van der Waals surface area contributed by atoms with Crippen LogP contribution in [0.25, 0.3) is 56.0 Å². The van der Waals surface area contributed by atoms with Crippen molar-refractivity contribution >= 4 is 22.1 Å². The Morgan fingerprint density at radius 2 is 1.52 bits per heavy atom. The first-order valence-electron chi connectivity index (χ1n) is 13.0. The molecule has 194 valence electrons. The van der Waals surface area contributed by atoms with E-state index in [2.05, 4.69) is 43.7 Å². The molecule has 0 amide bonds. The summed E-state index contributed by atoms with van der Waals surface area (Å²) >= 11 is 0. The Kier molecular flexibility index (Phi) is 6.07. The molecule has 7 aromatic rings. The van der Waals surface area contributed by atoms with E-state index in [4.69, 9.17) is 9.97 Å². The summed E-state index contributed by atoms with van der Waals surface area (Å²) in [5.41, 5.74) is 8.78. The van der Waals surface area contributed by atoms with E-state index in [0.29, 0.717) is 34.7 Å². The molecule has 0 aliphatic heterocycles. The number of benzene rings is 3. The van der Waals surface area contributed by atoms with Crippen LogP contribution in [0.3, 0.4) is 0 Å². The zero-order valence-electron chi connectivity index (χ0n) is 21.4. The lowest BCUT2D eigenvalue weighted by Crippen LogP contribution is -2.12. The molecule has 0 aliphatic carbocycles. The SMILES string of the molecule is Fc1ccccc1-c1cccc2[nH]c(-c3n[nH]c4ccc(-c5cncc(CNCc6ccccc6)c5)nc34)nc12. The molecular formula is C32H24FN7. The first-order chi connectivity index (χ1) is 19.7. The normalized spacial score (nSPS) is 11.4. The number of imidazole rings is 1. The second-order valence-corrected chi connectivity index (χ2v) is 9.60. The van der Waals surface area contributed by atoms with Crippen molar-refractivity contribution in [3.63, 3.8) is 0 Å². The zero-order valence-corrected chi connectivity index (χ0v) is 21.4. The lowest BCUT2D eigenvalue weighted by Gasteiger charge is -2.07. The topological polar surface area (TPSA) is 95.2 Å². The fraction of sp³-hybridized carbons (Fsp3) is 0.0625. The van der Waals surface area contributed by atoms with E-state index >= 15 is 0 Å². The number of fused-ring (bicyclic) bond motifs is 2. The van der Waals surface area contributed by atoms with E-state index in [1.165, 1.54) is 11.6 Å². The Balaban J connectivity index is 1.21. The van der Waals surface area contributed by atoms with Crippen LogP contribution in [-0.4, -0.2) is 30.1 Å². The van der Waals surface area contributed by atoms with Crippen molar-refractivity contribution in [2.45, 2.75) is 13.1 Å². The first kappa shape index (κ1) is 23.9. The van der Waals surface area contributed by atoms with Gasteiger partial charge in [-0.15, -0.1) is 0 Å². The molecule has 0 unspecified atom stereocenters. The molecule has 0 aliphatic rings. The van der Waals surface area contributed by atoms with Crippen LogP contribution in [-0.2, 0) is 13.1 Å². The van der Waals surface area contributed by atoms with Gasteiger partial charge in [-0.3, -0.25) is 10.1 Å². The molecule has 3 N–H and O–H groups in total. The Labute approximate surface area is 229 Å². The van der Waals surface area contributed by atoms with E-state index in [1.54, 1.807) is 12.1 Å². The average molecular weight is 526 g/mol. The van der Waals surface area contributed by atoms with E-state index in [9.17, 15) is 4.39 Å². The summed E-state index contributed by atoms with van der Waals surface area (Å²) in [4.78, 5) is 17.6. The molecule has 4 heterocycles. The number of H-pyrrole nitrogens is 2. The minimum Gasteiger partial charge on any atom is -0.336 e. The van der Waals surface area contributed by atoms with E-state index in [0.717, 1.165) is 40.0 Å². The van der Waals surface area contributed by atoms with Crippen LogP contribution >= 0.6 is 0 Å². The molecule has 0 fully saturated rings. The van der Waals surface area contributed by atoms with Crippen molar-refractivity contribution in [1.29, 1.82) is 0 Å². The van der Waals surface area contributed by atoms with Gasteiger partial charge in [-0.1, -0.05) is 60.7 Å². The van der Waals surface area contributed by atoms with E-state index in [1.807, 2.05) is 67.0 Å². The minimum atomic E-state index is -0.290. The van der Waals surface area contributed by atoms with Gasteiger partial charge in [-0.05, 0) is 41.5 Å². The fourth-order valence-corrected chi connectivity index (χ4v) is 4.94. The van der Waals surface area contributed by atoms with Crippen LogP contribution in [0, 0.1) is 5.82 Å². The quantitative estimate of drug-likeness (QED) is 0.216. The number of nitrogens with zero attached hydrogens (tertiary/aromatic N) is 4. The van der Waals surface area contributed by atoms with Crippen LogP contribution < -0.4 is 5.32 Å². The third-order valence-electron chi connectivity index (χ3n) is 6.90. The van der Waals surface area contributed by atoms with Gasteiger partial charge in [0.15, 0.2) is 11.5 Å². The molecule has 0 saturated heterocycles. The van der Waals surface area contributed by atoms with Gasteiger partial charge in [-0.2, -0.15) is 5.10 Å². The largest absolute Gasteiger partial charge is 0.336 e. The lowest BCUT2D eigenvalue weighted by molar-refractivity contribution is 0.631. The Hall–Kier alpha value is -5.21. The maximum absolute atomic E-state index is 14.6. The average Bonchev–Trinajstić information content (AvgIpc) is 3.62. The Morgan fingerprint density at radius 1 is 0.700 bits per heavy atom. The van der Waals surface area contributed by atoms with Gasteiger partial charge < -0.3 is 10.3 Å². The number of nitrogens with one attached hydrogen (secondary N) is 3. The number of aromatic amines is 2. The highest BCUT2D eigenvalue weighted by atomic mass is 19.1. The van der Waals surface area contributed by atoms with Gasteiger partial charge in [0.1, 0.15) is 11.3 Å². The highest BCUT2D eigenvalue weighted by Gasteiger charge is 2.18. The van der Waals surface area contributed by atoms with Crippen molar-refractivity contribution < 1.29 is 4.39 Å². The third-order valence-corrected chi connectivity index (χ3v) is 6.90. The van der Waals surface area contributed by atoms with Crippen LogP contribution in [0.1, 0.15) is 11.1 Å². The summed E-state index contributed by atoms with van der Waals surface area (Å²) in [5.74, 6) is 0.272. The number of aromatic nitrogens is 6. The van der Waals surface area contributed by atoms with Crippen LogP contribution in [0.5, 0.6) is 0 Å². The Morgan fingerprint density at radius 3 is 2.42 bits per heavy atom. The molecule has 0 bridgehead atoms. The molecule has 40 heavy (non-hydrogen) atoms. The molecule has 0 saturated carbocycles. The predicted molar refractivity (Wildman–Crippen MR) is 155 cm³/mol. The summed E-state index contributed by atoms with van der Waals surface area (Å²) in [6, 6.07) is 28.7. The molecule has 7 nitrogen and oxygen atoms in total. The Bertz CT molecular complexity index is 1960. The summed E-state index contributed by atoms with van der Waals surface area (Å²) in [7, 11) is 0. The van der Waals surface area contributed by atoms with Crippen molar-refractivity contribution in [2.24, 2.45) is 0 Å². The van der Waals surface area contributed by atoms with Crippen molar-refractivity contribution in [1.82, 2.24) is 35.5 Å². The first-order valence-corrected chi connectivity index (χ1v) is 13.0. The third kappa shape index (κ3) is 4.50. The fourth-order valence-electron chi connectivity index (χ4n) is 4.94. The van der Waals surface area contributed by atoms with Gasteiger partial charge in [0.2, 0.25) is 0 Å². The smallest absolute Gasteiger partial charge is 0.161 e. The predicted octanol–water partition coefficient (Wildman–Crippen LogP) is 6.66. The second kappa shape index (κ2) is 10.2. The molecule has 0 atom stereocenters. The van der Waals surface area contributed by atoms with Crippen LogP contribution in [0.4, 0.5) is 4.39 Å². The lowest BCUT2D eigenvalue weighted by atomic mass is 10.0.